The van der Waals surface area contributed by atoms with E-state index >= 15 is 0 Å². The van der Waals surface area contributed by atoms with Crippen molar-refractivity contribution in [2.45, 2.75) is 38.6 Å². The average Bonchev–Trinajstić information content (AvgIpc) is 2.35. The Hall–Kier alpha value is -0.170. The molecular formula is C12H26N2O3S. The number of hydrogen-bond acceptors (Lipinski definition) is 4. The summed E-state index contributed by atoms with van der Waals surface area (Å²) in [6, 6.07) is 0.118. The summed E-state index contributed by atoms with van der Waals surface area (Å²) < 4.78 is 31.0. The van der Waals surface area contributed by atoms with Gasteiger partial charge < -0.3 is 10.1 Å². The van der Waals surface area contributed by atoms with Crippen LogP contribution in [0.5, 0.6) is 0 Å². The van der Waals surface area contributed by atoms with Crippen molar-refractivity contribution in [1.82, 2.24) is 9.62 Å². The normalized spacial score (nSPS) is 22.2. The van der Waals surface area contributed by atoms with Crippen molar-refractivity contribution in [2.75, 3.05) is 39.1 Å². The summed E-state index contributed by atoms with van der Waals surface area (Å²) in [5, 5.41) is 3.27. The fourth-order valence-corrected chi connectivity index (χ4v) is 4.15. The van der Waals surface area contributed by atoms with Crippen LogP contribution in [0.25, 0.3) is 0 Å². The Morgan fingerprint density at radius 3 is 2.83 bits per heavy atom. The van der Waals surface area contributed by atoms with E-state index in [1.54, 1.807) is 11.4 Å². The molecule has 1 heterocycles. The van der Waals surface area contributed by atoms with E-state index in [4.69, 9.17) is 4.74 Å². The number of piperidine rings is 1. The summed E-state index contributed by atoms with van der Waals surface area (Å²) in [4.78, 5) is 0. The van der Waals surface area contributed by atoms with Gasteiger partial charge in [0.2, 0.25) is 10.0 Å². The lowest BCUT2D eigenvalue weighted by Gasteiger charge is -2.34. The highest BCUT2D eigenvalue weighted by molar-refractivity contribution is 7.89. The number of ether oxygens (including phenoxy) is 1. The molecule has 18 heavy (non-hydrogen) atoms. The molecule has 0 aromatic carbocycles. The molecule has 1 atom stereocenters. The van der Waals surface area contributed by atoms with Gasteiger partial charge in [-0.3, -0.25) is 0 Å². The van der Waals surface area contributed by atoms with Crippen molar-refractivity contribution in [2.24, 2.45) is 0 Å². The molecule has 0 radical (unpaired) electrons. The summed E-state index contributed by atoms with van der Waals surface area (Å²) >= 11 is 0. The van der Waals surface area contributed by atoms with Crippen LogP contribution in [0.3, 0.4) is 0 Å². The standard InChI is InChI=1S/C12H26N2O3S/c1-3-10-18(15,16)14-8-5-4-6-12(14)11-13-7-9-17-2/h12-13H,3-11H2,1-2H3. The van der Waals surface area contributed by atoms with Crippen LogP contribution >= 0.6 is 0 Å². The van der Waals surface area contributed by atoms with E-state index in [2.05, 4.69) is 5.32 Å². The van der Waals surface area contributed by atoms with E-state index in [1.807, 2.05) is 6.92 Å². The molecule has 1 aliphatic rings. The number of methoxy groups -OCH3 is 1. The molecule has 0 amide bonds. The SMILES string of the molecule is CCCS(=O)(=O)N1CCCCC1CNCCOC. The highest BCUT2D eigenvalue weighted by Gasteiger charge is 2.31. The predicted octanol–water partition coefficient (Wildman–Crippen LogP) is 0.817. The first-order valence-electron chi connectivity index (χ1n) is 6.81. The molecule has 0 saturated carbocycles. The van der Waals surface area contributed by atoms with Crippen LogP contribution in [0.1, 0.15) is 32.6 Å². The second-order valence-electron chi connectivity index (χ2n) is 4.77. The van der Waals surface area contributed by atoms with Crippen LogP contribution in [0.2, 0.25) is 0 Å². The molecule has 0 aromatic heterocycles. The zero-order valence-electron chi connectivity index (χ0n) is 11.5. The van der Waals surface area contributed by atoms with Gasteiger partial charge >= 0.3 is 0 Å². The van der Waals surface area contributed by atoms with Crippen LogP contribution in [0.4, 0.5) is 0 Å². The molecule has 0 bridgehead atoms. The zero-order chi connectivity index (χ0) is 13.4. The molecule has 0 aliphatic carbocycles. The molecule has 1 N–H and O–H groups in total. The minimum atomic E-state index is -3.06. The maximum atomic E-state index is 12.2. The number of nitrogens with one attached hydrogen (secondary N) is 1. The Morgan fingerprint density at radius 2 is 2.17 bits per heavy atom. The number of hydrogen-bond donors (Lipinski definition) is 1. The molecule has 5 nitrogen and oxygen atoms in total. The molecule has 1 rings (SSSR count). The van der Waals surface area contributed by atoms with Crippen LogP contribution in [0.15, 0.2) is 0 Å². The quantitative estimate of drug-likeness (QED) is 0.668. The molecule has 6 heteroatoms. The third-order valence-electron chi connectivity index (χ3n) is 3.26. The highest BCUT2D eigenvalue weighted by atomic mass is 32.2. The second-order valence-corrected chi connectivity index (χ2v) is 6.81. The summed E-state index contributed by atoms with van der Waals surface area (Å²) in [5.41, 5.74) is 0. The summed E-state index contributed by atoms with van der Waals surface area (Å²) in [6.45, 7) is 4.75. The Bertz CT molecular complexity index is 319. The van der Waals surface area contributed by atoms with Gasteiger partial charge in [-0.15, -0.1) is 0 Å². The topological polar surface area (TPSA) is 58.6 Å². The van der Waals surface area contributed by atoms with Gasteiger partial charge in [0.1, 0.15) is 0 Å². The molecule has 0 aromatic rings. The first-order valence-corrected chi connectivity index (χ1v) is 8.42. The third-order valence-corrected chi connectivity index (χ3v) is 5.37. The lowest BCUT2D eigenvalue weighted by molar-refractivity contribution is 0.191. The summed E-state index contributed by atoms with van der Waals surface area (Å²) in [6.07, 6.45) is 3.75. The molecule has 108 valence electrons. The second kappa shape index (κ2) is 8.09. The Kier molecular flexibility index (Phi) is 7.14. The number of nitrogens with zero attached hydrogens (tertiary/aromatic N) is 1. The van der Waals surface area contributed by atoms with Crippen molar-refractivity contribution in [3.05, 3.63) is 0 Å². The third kappa shape index (κ3) is 4.84. The lowest BCUT2D eigenvalue weighted by atomic mass is 10.1. The molecule has 1 unspecified atom stereocenters. The van der Waals surface area contributed by atoms with E-state index in [9.17, 15) is 8.42 Å². The van der Waals surface area contributed by atoms with E-state index in [1.165, 1.54) is 0 Å². The van der Waals surface area contributed by atoms with Crippen molar-refractivity contribution in [3.63, 3.8) is 0 Å². The largest absolute Gasteiger partial charge is 0.383 e. The fourth-order valence-electron chi connectivity index (χ4n) is 2.36. The van der Waals surface area contributed by atoms with Crippen LogP contribution in [0, 0.1) is 0 Å². The van der Waals surface area contributed by atoms with Gasteiger partial charge in [0.15, 0.2) is 0 Å². The monoisotopic (exact) mass is 278 g/mol. The van der Waals surface area contributed by atoms with Gasteiger partial charge in [-0.05, 0) is 19.3 Å². The Morgan fingerprint density at radius 1 is 1.39 bits per heavy atom. The van der Waals surface area contributed by atoms with Crippen LogP contribution < -0.4 is 5.32 Å². The van der Waals surface area contributed by atoms with Gasteiger partial charge in [-0.25, -0.2) is 8.42 Å². The summed E-state index contributed by atoms with van der Waals surface area (Å²) in [7, 11) is -1.40. The van der Waals surface area contributed by atoms with Crippen molar-refractivity contribution in [1.29, 1.82) is 0 Å². The minimum absolute atomic E-state index is 0.118. The maximum absolute atomic E-state index is 12.2. The molecule has 1 aliphatic heterocycles. The average molecular weight is 278 g/mol. The van der Waals surface area contributed by atoms with E-state index in [-0.39, 0.29) is 11.8 Å². The van der Waals surface area contributed by atoms with Crippen molar-refractivity contribution >= 4 is 10.0 Å². The smallest absolute Gasteiger partial charge is 0.214 e. The maximum Gasteiger partial charge on any atom is 0.214 e. The van der Waals surface area contributed by atoms with E-state index in [0.717, 1.165) is 32.4 Å². The van der Waals surface area contributed by atoms with Crippen molar-refractivity contribution < 1.29 is 13.2 Å². The summed E-state index contributed by atoms with van der Waals surface area (Å²) in [5.74, 6) is 0.265. The Balaban J connectivity index is 2.51. The minimum Gasteiger partial charge on any atom is -0.383 e. The van der Waals surface area contributed by atoms with E-state index < -0.39 is 10.0 Å². The lowest BCUT2D eigenvalue weighted by Crippen LogP contribution is -2.49. The number of sulfonamides is 1. The van der Waals surface area contributed by atoms with Crippen LogP contribution in [-0.2, 0) is 14.8 Å². The first-order chi connectivity index (χ1) is 8.61. The predicted molar refractivity (Wildman–Crippen MR) is 73.2 cm³/mol. The Labute approximate surface area is 111 Å². The van der Waals surface area contributed by atoms with Crippen molar-refractivity contribution in [3.8, 4) is 0 Å². The fraction of sp³-hybridized carbons (Fsp3) is 1.00. The first kappa shape index (κ1) is 15.9. The number of rotatable bonds is 8. The zero-order valence-corrected chi connectivity index (χ0v) is 12.3. The van der Waals surface area contributed by atoms with Gasteiger partial charge in [-0.1, -0.05) is 13.3 Å². The molecule has 0 spiro atoms. The molecule has 1 saturated heterocycles. The highest BCUT2D eigenvalue weighted by Crippen LogP contribution is 2.20. The van der Waals surface area contributed by atoms with Gasteiger partial charge in [0.05, 0.1) is 12.4 Å². The van der Waals surface area contributed by atoms with E-state index in [0.29, 0.717) is 19.6 Å². The molecular weight excluding hydrogens is 252 g/mol. The van der Waals surface area contributed by atoms with Gasteiger partial charge in [0.25, 0.3) is 0 Å². The van der Waals surface area contributed by atoms with Crippen LogP contribution in [-0.4, -0.2) is 57.9 Å². The van der Waals surface area contributed by atoms with Gasteiger partial charge in [-0.2, -0.15) is 4.31 Å². The molecule has 1 fully saturated rings. The van der Waals surface area contributed by atoms with Gasteiger partial charge in [0, 0.05) is 32.8 Å².